The van der Waals surface area contributed by atoms with E-state index in [0.717, 1.165) is 6.07 Å². The Morgan fingerprint density at radius 1 is 1.30 bits per heavy atom. The quantitative estimate of drug-likeness (QED) is 0.848. The molecule has 23 heavy (non-hydrogen) atoms. The lowest BCUT2D eigenvalue weighted by Crippen LogP contribution is -2.07. The molecule has 0 aliphatic rings. The van der Waals surface area contributed by atoms with Gasteiger partial charge in [0.2, 0.25) is 5.91 Å². The molecule has 0 heterocycles. The highest BCUT2D eigenvalue weighted by atomic mass is 19.1. The summed E-state index contributed by atoms with van der Waals surface area (Å²) in [6, 6.07) is 6.43. The van der Waals surface area contributed by atoms with Gasteiger partial charge in [0.1, 0.15) is 11.5 Å². The number of aromatic hydroxyl groups is 1. The smallest absolute Gasteiger partial charge is 0.221 e. The molecule has 0 radical (unpaired) electrons. The van der Waals surface area contributed by atoms with E-state index in [1.165, 1.54) is 20.2 Å². The largest absolute Gasteiger partial charge is 0.504 e. The fraction of sp³-hybridized carbons (Fsp3) is 0.125. The zero-order chi connectivity index (χ0) is 17.0. The Kier molecular flexibility index (Phi) is 4.90. The number of rotatable bonds is 4. The van der Waals surface area contributed by atoms with Crippen LogP contribution >= 0.6 is 0 Å². The molecule has 0 saturated heterocycles. The van der Waals surface area contributed by atoms with Crippen molar-refractivity contribution in [2.75, 3.05) is 12.4 Å². The lowest BCUT2D eigenvalue weighted by Gasteiger charge is -2.07. The van der Waals surface area contributed by atoms with Crippen LogP contribution in [0, 0.1) is 11.6 Å². The van der Waals surface area contributed by atoms with Crippen molar-refractivity contribution >= 4 is 23.5 Å². The fourth-order valence-electron chi connectivity index (χ4n) is 1.87. The first kappa shape index (κ1) is 16.4. The van der Waals surface area contributed by atoms with Gasteiger partial charge in [-0.25, -0.2) is 8.78 Å². The Morgan fingerprint density at radius 3 is 2.70 bits per heavy atom. The molecule has 2 aromatic carbocycles. The van der Waals surface area contributed by atoms with Gasteiger partial charge < -0.3 is 15.2 Å². The molecule has 1 amide bonds. The minimum atomic E-state index is -0.902. The number of nitrogens with zero attached hydrogens (tertiary/aromatic N) is 1. The highest BCUT2D eigenvalue weighted by Crippen LogP contribution is 2.30. The average molecular weight is 320 g/mol. The summed E-state index contributed by atoms with van der Waals surface area (Å²) in [6.45, 7) is 1.21. The van der Waals surface area contributed by atoms with Gasteiger partial charge in [-0.3, -0.25) is 9.79 Å². The van der Waals surface area contributed by atoms with Crippen molar-refractivity contribution in [2.24, 2.45) is 4.99 Å². The van der Waals surface area contributed by atoms with Gasteiger partial charge in [-0.15, -0.1) is 0 Å². The predicted octanol–water partition coefficient (Wildman–Crippen LogP) is 3.39. The molecule has 2 N–H and O–H groups in total. The van der Waals surface area contributed by atoms with E-state index in [4.69, 9.17) is 4.74 Å². The summed E-state index contributed by atoms with van der Waals surface area (Å²) in [4.78, 5) is 14.9. The number of amides is 1. The molecule has 0 spiro atoms. The van der Waals surface area contributed by atoms with Gasteiger partial charge in [-0.05, 0) is 18.2 Å². The molecule has 0 aliphatic heterocycles. The number of hydrogen-bond acceptors (Lipinski definition) is 4. The summed E-state index contributed by atoms with van der Waals surface area (Å²) in [5, 5.41) is 12.2. The molecule has 0 fully saturated rings. The molecular formula is C16H14F2N2O3. The molecule has 0 aliphatic carbocycles. The predicted molar refractivity (Wildman–Crippen MR) is 82.6 cm³/mol. The van der Waals surface area contributed by atoms with Crippen LogP contribution in [-0.2, 0) is 4.79 Å². The van der Waals surface area contributed by atoms with Gasteiger partial charge in [-0.1, -0.05) is 6.07 Å². The number of phenols is 1. The number of para-hydroxylation sites is 1. The standard InChI is InChI=1S/C16H14F2N2O3/c1-9(21)20-14-7-13(11(17)6-12(14)18)19-8-10-4-3-5-15(23-2)16(10)22/h3-8,22H,1-2H3,(H,20,21). The van der Waals surface area contributed by atoms with Crippen LogP contribution < -0.4 is 10.1 Å². The number of nitrogens with one attached hydrogen (secondary N) is 1. The molecule has 0 bridgehead atoms. The number of carbonyl (C=O) groups excluding carboxylic acids is 1. The van der Waals surface area contributed by atoms with Crippen LogP contribution in [0.1, 0.15) is 12.5 Å². The molecule has 120 valence electrons. The van der Waals surface area contributed by atoms with Gasteiger partial charge in [0.15, 0.2) is 17.3 Å². The maximum absolute atomic E-state index is 13.8. The zero-order valence-corrected chi connectivity index (χ0v) is 12.4. The van der Waals surface area contributed by atoms with Crippen LogP contribution in [-0.4, -0.2) is 24.3 Å². The van der Waals surface area contributed by atoms with Crippen molar-refractivity contribution in [2.45, 2.75) is 6.92 Å². The van der Waals surface area contributed by atoms with Gasteiger partial charge in [0, 0.05) is 24.8 Å². The van der Waals surface area contributed by atoms with E-state index in [-0.39, 0.29) is 22.9 Å². The number of hydrogen-bond donors (Lipinski definition) is 2. The van der Waals surface area contributed by atoms with Crippen LogP contribution in [0.4, 0.5) is 20.2 Å². The van der Waals surface area contributed by atoms with Crippen molar-refractivity contribution in [3.8, 4) is 11.5 Å². The number of carbonyl (C=O) groups is 1. The molecule has 2 rings (SSSR count). The first-order valence-electron chi connectivity index (χ1n) is 6.59. The van der Waals surface area contributed by atoms with Crippen molar-refractivity contribution in [3.63, 3.8) is 0 Å². The molecule has 0 unspecified atom stereocenters. The van der Waals surface area contributed by atoms with E-state index in [1.54, 1.807) is 18.2 Å². The molecule has 0 saturated carbocycles. The third-order valence-electron chi connectivity index (χ3n) is 2.94. The van der Waals surface area contributed by atoms with Crippen molar-refractivity contribution in [1.82, 2.24) is 0 Å². The molecular weight excluding hydrogens is 306 g/mol. The fourth-order valence-corrected chi connectivity index (χ4v) is 1.87. The third-order valence-corrected chi connectivity index (χ3v) is 2.94. The van der Waals surface area contributed by atoms with Crippen LogP contribution in [0.5, 0.6) is 11.5 Å². The number of phenolic OH excluding ortho intramolecular Hbond substituents is 1. The van der Waals surface area contributed by atoms with Gasteiger partial charge >= 0.3 is 0 Å². The maximum atomic E-state index is 13.8. The molecule has 0 atom stereocenters. The summed E-state index contributed by atoms with van der Waals surface area (Å²) >= 11 is 0. The Hall–Kier alpha value is -2.96. The Bertz CT molecular complexity index is 776. The minimum Gasteiger partial charge on any atom is -0.504 e. The zero-order valence-electron chi connectivity index (χ0n) is 12.4. The summed E-state index contributed by atoms with van der Waals surface area (Å²) in [6.07, 6.45) is 1.21. The Morgan fingerprint density at radius 2 is 2.04 bits per heavy atom. The average Bonchev–Trinajstić information content (AvgIpc) is 2.49. The molecule has 2 aromatic rings. The third kappa shape index (κ3) is 3.82. The monoisotopic (exact) mass is 320 g/mol. The summed E-state index contributed by atoms with van der Waals surface area (Å²) < 4.78 is 32.3. The number of anilines is 1. The SMILES string of the molecule is COc1cccc(C=Nc2cc(NC(C)=O)c(F)cc2F)c1O. The number of halogens is 2. The lowest BCUT2D eigenvalue weighted by atomic mass is 10.2. The van der Waals surface area contributed by atoms with E-state index in [1.807, 2.05) is 0 Å². The van der Waals surface area contributed by atoms with Gasteiger partial charge in [0.05, 0.1) is 12.8 Å². The molecule has 7 heteroatoms. The van der Waals surface area contributed by atoms with Crippen LogP contribution in [0.25, 0.3) is 0 Å². The van der Waals surface area contributed by atoms with Crippen LogP contribution in [0.2, 0.25) is 0 Å². The number of ether oxygens (including phenoxy) is 1. The second-order valence-electron chi connectivity index (χ2n) is 4.62. The van der Waals surface area contributed by atoms with Crippen molar-refractivity contribution in [1.29, 1.82) is 0 Å². The van der Waals surface area contributed by atoms with Crippen molar-refractivity contribution in [3.05, 3.63) is 47.5 Å². The minimum absolute atomic E-state index is 0.150. The topological polar surface area (TPSA) is 70.9 Å². The van der Waals surface area contributed by atoms with Gasteiger partial charge in [0.25, 0.3) is 0 Å². The summed E-state index contributed by atoms with van der Waals surface area (Å²) in [5.41, 5.74) is -0.0626. The molecule has 0 aromatic heterocycles. The second kappa shape index (κ2) is 6.87. The first-order chi connectivity index (χ1) is 10.9. The van der Waals surface area contributed by atoms with Crippen molar-refractivity contribution < 1.29 is 23.4 Å². The van der Waals surface area contributed by atoms with E-state index in [0.29, 0.717) is 11.6 Å². The number of benzene rings is 2. The van der Waals surface area contributed by atoms with Crippen LogP contribution in [0.15, 0.2) is 35.3 Å². The lowest BCUT2D eigenvalue weighted by molar-refractivity contribution is -0.114. The van der Waals surface area contributed by atoms with Crippen LogP contribution in [0.3, 0.4) is 0 Å². The highest BCUT2D eigenvalue weighted by molar-refractivity contribution is 5.90. The molecule has 5 nitrogen and oxygen atoms in total. The summed E-state index contributed by atoms with van der Waals surface area (Å²) in [7, 11) is 1.40. The van der Waals surface area contributed by atoms with E-state index < -0.39 is 17.5 Å². The summed E-state index contributed by atoms with van der Waals surface area (Å²) in [5.74, 6) is -2.19. The first-order valence-corrected chi connectivity index (χ1v) is 6.59. The number of aliphatic imine (C=N–C) groups is 1. The second-order valence-corrected chi connectivity index (χ2v) is 4.62. The highest BCUT2D eigenvalue weighted by Gasteiger charge is 2.11. The Balaban J connectivity index is 2.38. The van der Waals surface area contributed by atoms with Gasteiger partial charge in [-0.2, -0.15) is 0 Å². The normalized spacial score (nSPS) is 10.8. The Labute approximate surface area is 131 Å². The van der Waals surface area contributed by atoms with E-state index in [2.05, 4.69) is 10.3 Å². The maximum Gasteiger partial charge on any atom is 0.221 e. The number of methoxy groups -OCH3 is 1. The van der Waals surface area contributed by atoms with E-state index in [9.17, 15) is 18.7 Å². The van der Waals surface area contributed by atoms with E-state index >= 15 is 0 Å².